The van der Waals surface area contributed by atoms with Gasteiger partial charge in [0.1, 0.15) is 0 Å². The van der Waals surface area contributed by atoms with Crippen LogP contribution >= 0.6 is 0 Å². The van der Waals surface area contributed by atoms with Crippen molar-refractivity contribution in [1.29, 1.82) is 0 Å². The number of halogens is 2. The van der Waals surface area contributed by atoms with E-state index in [0.717, 1.165) is 25.8 Å². The Kier molecular flexibility index (Phi) is 2.04. The molecule has 12 heavy (non-hydrogen) atoms. The molecule has 0 amide bonds. The number of piperidine rings is 1. The lowest BCUT2D eigenvalue weighted by molar-refractivity contribution is -0.171. The Hall–Kier alpha value is -0.220. The van der Waals surface area contributed by atoms with E-state index in [1.807, 2.05) is 0 Å². The van der Waals surface area contributed by atoms with E-state index in [1.165, 1.54) is 0 Å². The largest absolute Gasteiger partial charge is 0.345 e. The Bertz CT molecular complexity index is 170. The van der Waals surface area contributed by atoms with Crippen LogP contribution in [-0.2, 0) is 4.74 Å². The lowest BCUT2D eigenvalue weighted by Gasteiger charge is -2.29. The standard InChI is InChI=1S/C8H13F2NO/c9-7(10)12-6-1-4-11-8(5-6)2-3-8/h6-7,11H,1-5H2. The molecule has 1 unspecified atom stereocenters. The number of ether oxygens (including phenoxy) is 1. The molecule has 1 saturated heterocycles. The van der Waals surface area contributed by atoms with Gasteiger partial charge in [0, 0.05) is 5.54 Å². The predicted molar refractivity (Wildman–Crippen MR) is 40.1 cm³/mol. The third-order valence-corrected chi connectivity index (χ3v) is 2.73. The molecule has 4 heteroatoms. The topological polar surface area (TPSA) is 21.3 Å². The molecule has 1 aliphatic heterocycles. The average molecular weight is 177 g/mol. The van der Waals surface area contributed by atoms with E-state index in [4.69, 9.17) is 0 Å². The summed E-state index contributed by atoms with van der Waals surface area (Å²) >= 11 is 0. The van der Waals surface area contributed by atoms with Crippen LogP contribution in [0, 0.1) is 0 Å². The summed E-state index contributed by atoms with van der Waals surface area (Å²) in [5, 5.41) is 3.35. The van der Waals surface area contributed by atoms with Gasteiger partial charge in [-0.2, -0.15) is 8.78 Å². The maximum Gasteiger partial charge on any atom is 0.345 e. The summed E-state index contributed by atoms with van der Waals surface area (Å²) in [6.45, 7) is -1.79. The zero-order valence-corrected chi connectivity index (χ0v) is 6.85. The van der Waals surface area contributed by atoms with Crippen LogP contribution in [0.2, 0.25) is 0 Å². The highest BCUT2D eigenvalue weighted by molar-refractivity contribution is 5.05. The Balaban J connectivity index is 1.83. The van der Waals surface area contributed by atoms with Gasteiger partial charge in [0.25, 0.3) is 0 Å². The molecular formula is C8H13F2NO. The van der Waals surface area contributed by atoms with Crippen LogP contribution in [-0.4, -0.2) is 24.8 Å². The predicted octanol–water partition coefficient (Wildman–Crippen LogP) is 1.51. The highest BCUT2D eigenvalue weighted by Crippen LogP contribution is 2.42. The number of rotatable bonds is 2. The van der Waals surface area contributed by atoms with Crippen LogP contribution in [0.1, 0.15) is 25.7 Å². The third-order valence-electron chi connectivity index (χ3n) is 2.73. The third kappa shape index (κ3) is 1.75. The number of alkyl halides is 2. The number of hydrogen-bond donors (Lipinski definition) is 1. The van der Waals surface area contributed by atoms with Gasteiger partial charge in [0.2, 0.25) is 0 Å². The maximum atomic E-state index is 11.8. The minimum atomic E-state index is -2.61. The summed E-state index contributed by atoms with van der Waals surface area (Å²) in [6.07, 6.45) is 3.49. The van der Waals surface area contributed by atoms with Crippen molar-refractivity contribution in [2.45, 2.75) is 43.9 Å². The highest BCUT2D eigenvalue weighted by atomic mass is 19.3. The van der Waals surface area contributed by atoms with Gasteiger partial charge in [-0.1, -0.05) is 0 Å². The van der Waals surface area contributed by atoms with Crippen molar-refractivity contribution in [2.24, 2.45) is 0 Å². The molecule has 2 aliphatic rings. The summed E-state index contributed by atoms with van der Waals surface area (Å²) in [5.41, 5.74) is 0.178. The maximum absolute atomic E-state index is 11.8. The van der Waals surface area contributed by atoms with E-state index in [-0.39, 0.29) is 11.6 Å². The van der Waals surface area contributed by atoms with Gasteiger partial charge in [-0.25, -0.2) is 0 Å². The van der Waals surface area contributed by atoms with Gasteiger partial charge >= 0.3 is 6.61 Å². The van der Waals surface area contributed by atoms with Crippen LogP contribution in [0.3, 0.4) is 0 Å². The molecule has 2 fully saturated rings. The van der Waals surface area contributed by atoms with E-state index in [0.29, 0.717) is 6.42 Å². The molecule has 1 spiro atoms. The molecule has 0 bridgehead atoms. The van der Waals surface area contributed by atoms with E-state index in [1.54, 1.807) is 0 Å². The second kappa shape index (κ2) is 2.92. The van der Waals surface area contributed by atoms with Crippen LogP contribution < -0.4 is 5.32 Å². The average Bonchev–Trinajstić information content (AvgIpc) is 2.68. The van der Waals surface area contributed by atoms with Crippen LogP contribution in [0.25, 0.3) is 0 Å². The number of nitrogens with one attached hydrogen (secondary N) is 1. The monoisotopic (exact) mass is 177 g/mol. The molecule has 0 radical (unpaired) electrons. The summed E-state index contributed by atoms with van der Waals surface area (Å²) in [7, 11) is 0. The van der Waals surface area contributed by atoms with Crippen molar-refractivity contribution in [3.05, 3.63) is 0 Å². The Labute approximate surface area is 70.3 Å². The zero-order chi connectivity index (χ0) is 8.60. The van der Waals surface area contributed by atoms with E-state index in [2.05, 4.69) is 10.1 Å². The minimum absolute atomic E-state index is 0.178. The molecule has 1 aliphatic carbocycles. The molecule has 1 atom stereocenters. The van der Waals surface area contributed by atoms with Gasteiger partial charge in [-0.3, -0.25) is 0 Å². The SMILES string of the molecule is FC(F)OC1CCNC2(CC2)C1. The van der Waals surface area contributed by atoms with Crippen molar-refractivity contribution >= 4 is 0 Å². The Morgan fingerprint density at radius 2 is 2.17 bits per heavy atom. The van der Waals surface area contributed by atoms with Gasteiger partial charge in [-0.05, 0) is 32.2 Å². The van der Waals surface area contributed by atoms with Gasteiger partial charge in [0.15, 0.2) is 0 Å². The van der Waals surface area contributed by atoms with Crippen LogP contribution in [0.5, 0.6) is 0 Å². The van der Waals surface area contributed by atoms with Crippen molar-refractivity contribution in [2.75, 3.05) is 6.54 Å². The van der Waals surface area contributed by atoms with Gasteiger partial charge < -0.3 is 10.1 Å². The lowest BCUT2D eigenvalue weighted by Crippen LogP contribution is -2.43. The number of hydrogen-bond acceptors (Lipinski definition) is 2. The van der Waals surface area contributed by atoms with Crippen molar-refractivity contribution in [3.63, 3.8) is 0 Å². The summed E-state index contributed by atoms with van der Waals surface area (Å²) in [4.78, 5) is 0. The molecular weight excluding hydrogens is 164 g/mol. The summed E-state index contributed by atoms with van der Waals surface area (Å²) < 4.78 is 28.2. The molecule has 0 aromatic heterocycles. The van der Waals surface area contributed by atoms with Gasteiger partial charge in [0.05, 0.1) is 6.10 Å². The fraction of sp³-hybridized carbons (Fsp3) is 1.00. The first-order valence-corrected chi connectivity index (χ1v) is 4.39. The quantitative estimate of drug-likeness (QED) is 0.690. The van der Waals surface area contributed by atoms with E-state index >= 15 is 0 Å². The molecule has 70 valence electrons. The first kappa shape index (κ1) is 8.38. The minimum Gasteiger partial charge on any atom is -0.320 e. The van der Waals surface area contributed by atoms with Gasteiger partial charge in [-0.15, -0.1) is 0 Å². The normalized spacial score (nSPS) is 32.8. The second-order valence-electron chi connectivity index (χ2n) is 3.72. The van der Waals surface area contributed by atoms with Crippen molar-refractivity contribution in [1.82, 2.24) is 5.32 Å². The van der Waals surface area contributed by atoms with Crippen LogP contribution in [0.15, 0.2) is 0 Å². The van der Waals surface area contributed by atoms with Crippen LogP contribution in [0.4, 0.5) is 8.78 Å². The Morgan fingerprint density at radius 3 is 2.75 bits per heavy atom. The zero-order valence-electron chi connectivity index (χ0n) is 6.85. The van der Waals surface area contributed by atoms with E-state index < -0.39 is 6.61 Å². The smallest absolute Gasteiger partial charge is 0.320 e. The van der Waals surface area contributed by atoms with Crippen molar-refractivity contribution in [3.8, 4) is 0 Å². The summed E-state index contributed by atoms with van der Waals surface area (Å²) in [6, 6.07) is 0. The molecule has 2 rings (SSSR count). The lowest BCUT2D eigenvalue weighted by atomic mass is 10.00. The molecule has 1 N–H and O–H groups in total. The first-order valence-electron chi connectivity index (χ1n) is 4.39. The molecule has 0 aromatic carbocycles. The fourth-order valence-electron chi connectivity index (χ4n) is 1.90. The molecule has 1 heterocycles. The molecule has 1 saturated carbocycles. The molecule has 0 aromatic rings. The summed E-state index contributed by atoms with van der Waals surface area (Å²) in [5.74, 6) is 0. The Morgan fingerprint density at radius 1 is 1.42 bits per heavy atom. The highest BCUT2D eigenvalue weighted by Gasteiger charge is 2.46. The van der Waals surface area contributed by atoms with E-state index in [9.17, 15) is 8.78 Å². The second-order valence-corrected chi connectivity index (χ2v) is 3.72. The molecule has 2 nitrogen and oxygen atoms in total. The first-order chi connectivity index (χ1) is 5.70. The fourth-order valence-corrected chi connectivity index (χ4v) is 1.90. The van der Waals surface area contributed by atoms with Crippen molar-refractivity contribution < 1.29 is 13.5 Å².